The SMILES string of the molecule is CCOc1ccc(C(c2ccc(C(F)(F)F)cc2)N2CCCC(C(=O)O)C2)cc1OCC. The van der Waals surface area contributed by atoms with Crippen molar-refractivity contribution in [1.29, 1.82) is 0 Å². The van der Waals surface area contributed by atoms with Crippen LogP contribution in [0, 0.1) is 5.92 Å². The number of carboxylic acid groups (broad SMARTS) is 1. The zero-order chi connectivity index (χ0) is 23.3. The molecule has 1 aliphatic heterocycles. The highest BCUT2D eigenvalue weighted by molar-refractivity contribution is 5.70. The Morgan fingerprint density at radius 3 is 2.28 bits per heavy atom. The van der Waals surface area contributed by atoms with Gasteiger partial charge in [0.2, 0.25) is 0 Å². The number of carboxylic acids is 1. The quantitative estimate of drug-likeness (QED) is 0.583. The number of benzene rings is 2. The smallest absolute Gasteiger partial charge is 0.416 e. The number of piperidine rings is 1. The minimum absolute atomic E-state index is 0.318. The number of ether oxygens (including phenoxy) is 2. The van der Waals surface area contributed by atoms with E-state index < -0.39 is 29.7 Å². The molecule has 3 rings (SSSR count). The van der Waals surface area contributed by atoms with Gasteiger partial charge >= 0.3 is 12.1 Å². The molecule has 2 unspecified atom stereocenters. The second-order valence-corrected chi connectivity index (χ2v) is 7.77. The van der Waals surface area contributed by atoms with E-state index in [0.29, 0.717) is 56.2 Å². The van der Waals surface area contributed by atoms with Gasteiger partial charge in [0.1, 0.15) is 0 Å². The van der Waals surface area contributed by atoms with Crippen molar-refractivity contribution in [3.05, 3.63) is 59.2 Å². The third-order valence-electron chi connectivity index (χ3n) is 5.60. The summed E-state index contributed by atoms with van der Waals surface area (Å²) in [5.74, 6) is -0.237. The summed E-state index contributed by atoms with van der Waals surface area (Å²) in [6.07, 6.45) is -3.14. The molecule has 2 aromatic rings. The van der Waals surface area contributed by atoms with Crippen LogP contribution < -0.4 is 9.47 Å². The molecule has 1 aliphatic rings. The molecule has 8 heteroatoms. The van der Waals surface area contributed by atoms with Crippen LogP contribution in [0.15, 0.2) is 42.5 Å². The molecule has 2 aromatic carbocycles. The second-order valence-electron chi connectivity index (χ2n) is 7.77. The average Bonchev–Trinajstić information content (AvgIpc) is 2.76. The van der Waals surface area contributed by atoms with Crippen LogP contribution in [0.5, 0.6) is 11.5 Å². The molecule has 0 saturated carbocycles. The first-order valence-corrected chi connectivity index (χ1v) is 10.8. The highest BCUT2D eigenvalue weighted by atomic mass is 19.4. The summed E-state index contributed by atoms with van der Waals surface area (Å²) >= 11 is 0. The number of aliphatic carboxylic acids is 1. The van der Waals surface area contributed by atoms with Gasteiger partial charge in [-0.2, -0.15) is 13.2 Å². The minimum Gasteiger partial charge on any atom is -0.490 e. The maximum absolute atomic E-state index is 13.1. The number of carbonyl (C=O) groups is 1. The molecule has 2 atom stereocenters. The number of rotatable bonds is 8. The van der Waals surface area contributed by atoms with E-state index in [2.05, 4.69) is 0 Å². The van der Waals surface area contributed by atoms with Crippen molar-refractivity contribution in [2.75, 3.05) is 26.3 Å². The van der Waals surface area contributed by atoms with E-state index in [0.717, 1.165) is 17.7 Å². The van der Waals surface area contributed by atoms with Gasteiger partial charge in [-0.05, 0) is 68.6 Å². The minimum atomic E-state index is -4.42. The fourth-order valence-corrected chi connectivity index (χ4v) is 4.15. The number of nitrogens with zero attached hydrogens (tertiary/aromatic N) is 1. The highest BCUT2D eigenvalue weighted by Crippen LogP contribution is 2.38. The van der Waals surface area contributed by atoms with Crippen LogP contribution in [-0.2, 0) is 11.0 Å². The van der Waals surface area contributed by atoms with Gasteiger partial charge in [-0.1, -0.05) is 18.2 Å². The number of likely N-dealkylation sites (tertiary alicyclic amines) is 1. The molecule has 0 aromatic heterocycles. The number of alkyl halides is 3. The van der Waals surface area contributed by atoms with Crippen LogP contribution in [-0.4, -0.2) is 42.3 Å². The van der Waals surface area contributed by atoms with Gasteiger partial charge in [-0.25, -0.2) is 0 Å². The molecule has 0 bridgehead atoms. The second kappa shape index (κ2) is 10.3. The molecular weight excluding hydrogens is 423 g/mol. The molecular formula is C24H28F3NO4. The van der Waals surface area contributed by atoms with Crippen LogP contribution in [0.25, 0.3) is 0 Å². The maximum atomic E-state index is 13.1. The monoisotopic (exact) mass is 451 g/mol. The van der Waals surface area contributed by atoms with Crippen molar-refractivity contribution in [3.8, 4) is 11.5 Å². The summed E-state index contributed by atoms with van der Waals surface area (Å²) < 4.78 is 50.6. The lowest BCUT2D eigenvalue weighted by Crippen LogP contribution is -2.41. The Kier molecular flexibility index (Phi) is 7.66. The molecule has 174 valence electrons. The Morgan fingerprint density at radius 1 is 1.06 bits per heavy atom. The Labute approximate surface area is 185 Å². The Balaban J connectivity index is 2.04. The number of hydrogen-bond donors (Lipinski definition) is 1. The summed E-state index contributed by atoms with van der Waals surface area (Å²) in [4.78, 5) is 13.6. The molecule has 1 N–H and O–H groups in total. The van der Waals surface area contributed by atoms with E-state index in [1.165, 1.54) is 12.1 Å². The van der Waals surface area contributed by atoms with E-state index in [9.17, 15) is 23.1 Å². The molecule has 0 aliphatic carbocycles. The van der Waals surface area contributed by atoms with E-state index >= 15 is 0 Å². The Bertz CT molecular complexity index is 914. The summed E-state index contributed by atoms with van der Waals surface area (Å²) in [6.45, 7) is 5.59. The lowest BCUT2D eigenvalue weighted by Gasteiger charge is -2.38. The van der Waals surface area contributed by atoms with Crippen molar-refractivity contribution >= 4 is 5.97 Å². The van der Waals surface area contributed by atoms with Gasteiger partial charge in [-0.15, -0.1) is 0 Å². The van der Waals surface area contributed by atoms with E-state index in [-0.39, 0.29) is 0 Å². The maximum Gasteiger partial charge on any atom is 0.416 e. The predicted octanol–water partition coefficient (Wildman–Crippen LogP) is 5.39. The zero-order valence-electron chi connectivity index (χ0n) is 18.2. The Morgan fingerprint density at radius 2 is 1.69 bits per heavy atom. The summed E-state index contributed by atoms with van der Waals surface area (Å²) in [7, 11) is 0. The molecule has 0 spiro atoms. The van der Waals surface area contributed by atoms with Crippen LogP contribution in [0.1, 0.15) is 49.4 Å². The van der Waals surface area contributed by atoms with Crippen LogP contribution in [0.4, 0.5) is 13.2 Å². The van der Waals surface area contributed by atoms with Crippen LogP contribution in [0.3, 0.4) is 0 Å². The lowest BCUT2D eigenvalue weighted by atomic mass is 9.91. The number of halogens is 3. The molecule has 1 heterocycles. The van der Waals surface area contributed by atoms with Gasteiger partial charge in [-0.3, -0.25) is 9.69 Å². The fourth-order valence-electron chi connectivity index (χ4n) is 4.15. The molecule has 0 amide bonds. The van der Waals surface area contributed by atoms with Gasteiger partial charge in [0.05, 0.1) is 30.7 Å². The molecule has 5 nitrogen and oxygen atoms in total. The fraction of sp³-hybridized carbons (Fsp3) is 0.458. The lowest BCUT2D eigenvalue weighted by molar-refractivity contribution is -0.144. The van der Waals surface area contributed by atoms with Crippen LogP contribution in [0.2, 0.25) is 0 Å². The van der Waals surface area contributed by atoms with Gasteiger partial charge in [0.25, 0.3) is 0 Å². The topological polar surface area (TPSA) is 59.0 Å². The normalized spacial score (nSPS) is 18.2. The summed E-state index contributed by atoms with van der Waals surface area (Å²) in [5, 5.41) is 9.53. The summed E-state index contributed by atoms with van der Waals surface area (Å²) in [6, 6.07) is 10.1. The van der Waals surface area contributed by atoms with Crippen molar-refractivity contribution in [2.24, 2.45) is 5.92 Å². The first-order valence-electron chi connectivity index (χ1n) is 10.8. The molecule has 0 radical (unpaired) electrons. The van der Waals surface area contributed by atoms with E-state index in [4.69, 9.17) is 9.47 Å². The number of hydrogen-bond acceptors (Lipinski definition) is 4. The van der Waals surface area contributed by atoms with Crippen molar-refractivity contribution < 1.29 is 32.5 Å². The van der Waals surface area contributed by atoms with Gasteiger partial charge < -0.3 is 14.6 Å². The van der Waals surface area contributed by atoms with E-state index in [1.807, 2.05) is 30.9 Å². The molecule has 1 fully saturated rings. The Hall–Kier alpha value is -2.74. The first kappa shape index (κ1) is 23.9. The predicted molar refractivity (Wildman–Crippen MR) is 114 cm³/mol. The highest BCUT2D eigenvalue weighted by Gasteiger charge is 2.33. The molecule has 32 heavy (non-hydrogen) atoms. The standard InChI is InChI=1S/C24H28F3NO4/c1-3-31-20-12-9-17(14-21(20)32-4-2)22(28-13-5-6-18(15-28)23(29)30)16-7-10-19(11-8-16)24(25,26)27/h7-12,14,18,22H,3-6,13,15H2,1-2H3,(H,29,30). The van der Waals surface area contributed by atoms with Crippen molar-refractivity contribution in [2.45, 2.75) is 38.9 Å². The third kappa shape index (κ3) is 5.54. The van der Waals surface area contributed by atoms with Crippen molar-refractivity contribution in [1.82, 2.24) is 4.90 Å². The van der Waals surface area contributed by atoms with Gasteiger partial charge in [0.15, 0.2) is 11.5 Å². The average molecular weight is 451 g/mol. The van der Waals surface area contributed by atoms with Crippen LogP contribution >= 0.6 is 0 Å². The van der Waals surface area contributed by atoms with Crippen molar-refractivity contribution in [3.63, 3.8) is 0 Å². The van der Waals surface area contributed by atoms with Gasteiger partial charge in [0, 0.05) is 6.54 Å². The summed E-state index contributed by atoms with van der Waals surface area (Å²) in [5.41, 5.74) is 0.752. The zero-order valence-corrected chi connectivity index (χ0v) is 18.2. The third-order valence-corrected chi connectivity index (χ3v) is 5.60. The first-order chi connectivity index (χ1) is 15.2. The largest absolute Gasteiger partial charge is 0.490 e. The molecule has 1 saturated heterocycles. The van der Waals surface area contributed by atoms with E-state index in [1.54, 1.807) is 6.07 Å².